The Labute approximate surface area is 129 Å². The number of rotatable bonds is 5. The molecule has 1 unspecified atom stereocenters. The Kier molecular flexibility index (Phi) is 5.60. The van der Waals surface area contributed by atoms with Crippen LogP contribution in [0.3, 0.4) is 0 Å². The van der Waals surface area contributed by atoms with Crippen molar-refractivity contribution < 1.29 is 0 Å². The Hall–Kier alpha value is -0.190. The van der Waals surface area contributed by atoms with Gasteiger partial charge in [-0.15, -0.1) is 0 Å². The highest BCUT2D eigenvalue weighted by Gasteiger charge is 2.21. The standard InChI is InChI=1S/C15H23BrN2S/c1-11(2)17-9-12-4-5-15(14(16)8-12)18(3)13-6-7-19-10-13/h4-5,8,11,13,17H,6-7,9-10H2,1-3H3. The second kappa shape index (κ2) is 7.00. The summed E-state index contributed by atoms with van der Waals surface area (Å²) in [6.07, 6.45) is 1.30. The van der Waals surface area contributed by atoms with Crippen LogP contribution >= 0.6 is 27.7 Å². The second-order valence-electron chi connectivity index (χ2n) is 5.45. The molecule has 0 radical (unpaired) electrons. The largest absolute Gasteiger partial charge is 0.370 e. The summed E-state index contributed by atoms with van der Waals surface area (Å²) in [5.41, 5.74) is 2.64. The summed E-state index contributed by atoms with van der Waals surface area (Å²) < 4.78 is 1.20. The van der Waals surface area contributed by atoms with E-state index >= 15 is 0 Å². The highest BCUT2D eigenvalue weighted by atomic mass is 79.9. The van der Waals surface area contributed by atoms with Crippen molar-refractivity contribution in [3.05, 3.63) is 28.2 Å². The average molecular weight is 343 g/mol. The first-order valence-corrected chi connectivity index (χ1v) is 8.85. The summed E-state index contributed by atoms with van der Waals surface area (Å²) in [6, 6.07) is 7.92. The van der Waals surface area contributed by atoms with E-state index in [-0.39, 0.29) is 0 Å². The Morgan fingerprint density at radius 3 is 2.84 bits per heavy atom. The Balaban J connectivity index is 2.05. The number of nitrogens with one attached hydrogen (secondary N) is 1. The molecule has 1 N–H and O–H groups in total. The van der Waals surface area contributed by atoms with Crippen molar-refractivity contribution in [3.8, 4) is 0 Å². The maximum absolute atomic E-state index is 3.73. The number of benzene rings is 1. The first kappa shape index (κ1) is 15.2. The molecule has 2 nitrogen and oxygen atoms in total. The molecule has 1 saturated heterocycles. The van der Waals surface area contributed by atoms with Gasteiger partial charge in [-0.1, -0.05) is 19.9 Å². The van der Waals surface area contributed by atoms with E-state index in [1.165, 1.54) is 33.7 Å². The smallest absolute Gasteiger partial charge is 0.0511 e. The third kappa shape index (κ3) is 4.14. The minimum atomic E-state index is 0.525. The molecule has 0 amide bonds. The van der Waals surface area contributed by atoms with Crippen LogP contribution in [0.4, 0.5) is 5.69 Å². The Morgan fingerprint density at radius 2 is 2.26 bits per heavy atom. The van der Waals surface area contributed by atoms with Crippen molar-refractivity contribution in [2.45, 2.75) is 38.9 Å². The van der Waals surface area contributed by atoms with Gasteiger partial charge in [-0.05, 0) is 45.8 Å². The molecule has 4 heteroatoms. The lowest BCUT2D eigenvalue weighted by Gasteiger charge is -2.27. The summed E-state index contributed by atoms with van der Waals surface area (Å²) >= 11 is 5.78. The van der Waals surface area contributed by atoms with Gasteiger partial charge in [0.25, 0.3) is 0 Å². The number of hydrogen-bond donors (Lipinski definition) is 1. The first-order valence-electron chi connectivity index (χ1n) is 6.90. The van der Waals surface area contributed by atoms with Gasteiger partial charge in [0, 0.05) is 35.9 Å². The van der Waals surface area contributed by atoms with E-state index in [9.17, 15) is 0 Å². The summed E-state index contributed by atoms with van der Waals surface area (Å²) in [5.74, 6) is 2.54. The third-order valence-electron chi connectivity index (χ3n) is 3.56. The highest BCUT2D eigenvalue weighted by Crippen LogP contribution is 2.31. The zero-order chi connectivity index (χ0) is 13.8. The summed E-state index contributed by atoms with van der Waals surface area (Å²) in [5, 5.41) is 3.46. The van der Waals surface area contributed by atoms with Gasteiger partial charge in [-0.2, -0.15) is 11.8 Å². The quantitative estimate of drug-likeness (QED) is 0.873. The van der Waals surface area contributed by atoms with Crippen LogP contribution in [0.2, 0.25) is 0 Å². The van der Waals surface area contributed by atoms with E-state index in [1.54, 1.807) is 0 Å². The fourth-order valence-electron chi connectivity index (χ4n) is 2.29. The van der Waals surface area contributed by atoms with Gasteiger partial charge in [0.1, 0.15) is 0 Å². The predicted molar refractivity (Wildman–Crippen MR) is 90.3 cm³/mol. The number of nitrogens with zero attached hydrogens (tertiary/aromatic N) is 1. The van der Waals surface area contributed by atoms with Crippen molar-refractivity contribution in [2.24, 2.45) is 0 Å². The number of anilines is 1. The first-order chi connectivity index (χ1) is 9.08. The summed E-state index contributed by atoms with van der Waals surface area (Å²) in [7, 11) is 2.21. The fraction of sp³-hybridized carbons (Fsp3) is 0.600. The van der Waals surface area contributed by atoms with Crippen molar-refractivity contribution in [3.63, 3.8) is 0 Å². The topological polar surface area (TPSA) is 15.3 Å². The SMILES string of the molecule is CC(C)NCc1ccc(N(C)C2CCSC2)c(Br)c1. The van der Waals surface area contributed by atoms with Crippen LogP contribution < -0.4 is 10.2 Å². The maximum atomic E-state index is 3.73. The van der Waals surface area contributed by atoms with Gasteiger partial charge in [0.15, 0.2) is 0 Å². The van der Waals surface area contributed by atoms with Gasteiger partial charge in [-0.3, -0.25) is 0 Å². The van der Waals surface area contributed by atoms with Gasteiger partial charge < -0.3 is 10.2 Å². The number of hydrogen-bond acceptors (Lipinski definition) is 3. The van der Waals surface area contributed by atoms with Crippen LogP contribution in [0.25, 0.3) is 0 Å². The van der Waals surface area contributed by atoms with Crippen LogP contribution in [0.1, 0.15) is 25.8 Å². The molecule has 1 atom stereocenters. The van der Waals surface area contributed by atoms with Crippen LogP contribution in [-0.4, -0.2) is 30.6 Å². The minimum Gasteiger partial charge on any atom is -0.370 e. The average Bonchev–Trinajstić information content (AvgIpc) is 2.89. The Bertz CT molecular complexity index is 417. The van der Waals surface area contributed by atoms with Gasteiger partial charge in [0.2, 0.25) is 0 Å². The summed E-state index contributed by atoms with van der Waals surface area (Å²) in [6.45, 7) is 5.28. The monoisotopic (exact) mass is 342 g/mol. The maximum Gasteiger partial charge on any atom is 0.0511 e. The molecule has 0 bridgehead atoms. The molecule has 0 aliphatic carbocycles. The van der Waals surface area contributed by atoms with E-state index in [1.807, 2.05) is 0 Å². The molecular weight excluding hydrogens is 320 g/mol. The van der Waals surface area contributed by atoms with Gasteiger partial charge >= 0.3 is 0 Å². The van der Waals surface area contributed by atoms with Crippen LogP contribution in [0, 0.1) is 0 Å². The third-order valence-corrected chi connectivity index (χ3v) is 5.34. The van der Waals surface area contributed by atoms with E-state index in [2.05, 4.69) is 77.0 Å². The zero-order valence-electron chi connectivity index (χ0n) is 11.9. The normalized spacial score (nSPS) is 19.1. The molecule has 1 aliphatic heterocycles. The molecule has 1 heterocycles. The van der Waals surface area contributed by atoms with Crippen molar-refractivity contribution in [1.82, 2.24) is 5.32 Å². The summed E-state index contributed by atoms with van der Waals surface area (Å²) in [4.78, 5) is 2.42. The lowest BCUT2D eigenvalue weighted by Crippen LogP contribution is -2.31. The number of thioether (sulfide) groups is 1. The Morgan fingerprint density at radius 1 is 1.47 bits per heavy atom. The van der Waals surface area contributed by atoms with Crippen molar-refractivity contribution in [2.75, 3.05) is 23.5 Å². The van der Waals surface area contributed by atoms with E-state index in [4.69, 9.17) is 0 Å². The predicted octanol–water partition coefficient (Wildman–Crippen LogP) is 3.89. The molecule has 106 valence electrons. The lowest BCUT2D eigenvalue weighted by atomic mass is 10.1. The molecule has 0 aromatic heterocycles. The molecule has 0 saturated carbocycles. The van der Waals surface area contributed by atoms with Crippen molar-refractivity contribution >= 4 is 33.4 Å². The van der Waals surface area contributed by atoms with E-state index in [0.29, 0.717) is 12.1 Å². The molecule has 2 rings (SSSR count). The van der Waals surface area contributed by atoms with E-state index in [0.717, 1.165) is 6.54 Å². The molecule has 0 spiro atoms. The van der Waals surface area contributed by atoms with E-state index < -0.39 is 0 Å². The zero-order valence-corrected chi connectivity index (χ0v) is 14.4. The van der Waals surface area contributed by atoms with Crippen molar-refractivity contribution in [1.29, 1.82) is 0 Å². The fourth-order valence-corrected chi connectivity index (χ4v) is 4.27. The molecule has 1 aromatic carbocycles. The number of halogens is 1. The van der Waals surface area contributed by atoms with Crippen LogP contribution in [0.5, 0.6) is 0 Å². The molecule has 1 fully saturated rings. The molecule has 1 aromatic rings. The van der Waals surface area contributed by atoms with Gasteiger partial charge in [0.05, 0.1) is 5.69 Å². The molecule has 1 aliphatic rings. The van der Waals surface area contributed by atoms with Gasteiger partial charge in [-0.25, -0.2) is 0 Å². The second-order valence-corrected chi connectivity index (χ2v) is 7.45. The van der Waals surface area contributed by atoms with Crippen LogP contribution in [0.15, 0.2) is 22.7 Å². The molecule has 19 heavy (non-hydrogen) atoms. The highest BCUT2D eigenvalue weighted by molar-refractivity contribution is 9.10. The van der Waals surface area contributed by atoms with Crippen LogP contribution in [-0.2, 0) is 6.54 Å². The molecular formula is C15H23BrN2S. The minimum absolute atomic E-state index is 0.525. The lowest BCUT2D eigenvalue weighted by molar-refractivity contribution is 0.588.